The topological polar surface area (TPSA) is 93.0 Å². The summed E-state index contributed by atoms with van der Waals surface area (Å²) in [4.78, 5) is 17.0. The number of nitrogens with zero attached hydrogens (tertiary/aromatic N) is 5. The minimum atomic E-state index is -0.241. The molecule has 3 rings (SSSR count). The lowest BCUT2D eigenvalue weighted by molar-refractivity contribution is -0.136. The van der Waals surface area contributed by atoms with Crippen molar-refractivity contribution in [3.63, 3.8) is 0 Å². The second-order valence-corrected chi connectivity index (χ2v) is 8.99. The number of fused-ring (bicyclic) bond motifs is 2. The summed E-state index contributed by atoms with van der Waals surface area (Å²) < 4.78 is 13.6. The van der Waals surface area contributed by atoms with E-state index >= 15 is 0 Å². The molecule has 0 unspecified atom stereocenters. The summed E-state index contributed by atoms with van der Waals surface area (Å²) in [5.41, 5.74) is 1.89. The number of hydrogen-bond donors (Lipinski definition) is 1. The molecule has 2 bridgehead atoms. The Morgan fingerprint density at radius 3 is 2.91 bits per heavy atom. The van der Waals surface area contributed by atoms with E-state index in [9.17, 15) is 9.90 Å². The second kappa shape index (κ2) is 12.1. The van der Waals surface area contributed by atoms with Gasteiger partial charge in [-0.3, -0.25) is 14.4 Å². The van der Waals surface area contributed by atoms with Crippen LogP contribution in [0.2, 0.25) is 0 Å². The predicted octanol–water partition coefficient (Wildman–Crippen LogP) is 1.94. The minimum absolute atomic E-state index is 0.0455. The van der Waals surface area contributed by atoms with Crippen LogP contribution in [0.15, 0.2) is 30.5 Å². The molecule has 9 nitrogen and oxygen atoms in total. The van der Waals surface area contributed by atoms with Crippen LogP contribution in [0.4, 0.5) is 0 Å². The standard InChI is InChI=1S/C24H37N5O4/c1-18-12-29(19(2)16-30)24(31)10-7-11-28-14-21(25-26-28)17-33-23(18)15-27(3)13-20-8-5-6-9-22(20)32-4/h5-6,8-9,14,18-19,23,30H,7,10-13,15-17H2,1-4H3/t18-,19-,23+/m1/s1. The van der Waals surface area contributed by atoms with Gasteiger partial charge in [-0.2, -0.15) is 0 Å². The molecule has 33 heavy (non-hydrogen) atoms. The predicted molar refractivity (Wildman–Crippen MR) is 125 cm³/mol. The number of ether oxygens (including phenoxy) is 2. The van der Waals surface area contributed by atoms with Gasteiger partial charge in [0.1, 0.15) is 11.4 Å². The van der Waals surface area contributed by atoms with E-state index in [2.05, 4.69) is 35.2 Å². The first kappa shape index (κ1) is 25.1. The average Bonchev–Trinajstić information content (AvgIpc) is 3.27. The average molecular weight is 460 g/mol. The Balaban J connectivity index is 1.77. The van der Waals surface area contributed by atoms with E-state index in [4.69, 9.17) is 9.47 Å². The Kier molecular flexibility index (Phi) is 9.22. The van der Waals surface area contributed by atoms with Gasteiger partial charge in [-0.25, -0.2) is 0 Å². The van der Waals surface area contributed by atoms with Gasteiger partial charge < -0.3 is 19.5 Å². The van der Waals surface area contributed by atoms with Gasteiger partial charge in [0, 0.05) is 44.1 Å². The van der Waals surface area contributed by atoms with Crippen LogP contribution < -0.4 is 4.74 Å². The van der Waals surface area contributed by atoms with E-state index in [0.717, 1.165) is 17.0 Å². The zero-order valence-electron chi connectivity index (χ0n) is 20.2. The highest BCUT2D eigenvalue weighted by Crippen LogP contribution is 2.21. The first-order chi connectivity index (χ1) is 15.9. The van der Waals surface area contributed by atoms with E-state index < -0.39 is 0 Å². The minimum Gasteiger partial charge on any atom is -0.496 e. The van der Waals surface area contributed by atoms with E-state index in [0.29, 0.717) is 45.6 Å². The number of hydrogen-bond acceptors (Lipinski definition) is 7. The third-order valence-corrected chi connectivity index (χ3v) is 6.17. The van der Waals surface area contributed by atoms with Crippen molar-refractivity contribution in [1.82, 2.24) is 24.8 Å². The summed E-state index contributed by atoms with van der Waals surface area (Å²) in [6, 6.07) is 7.75. The normalized spacial score (nSPS) is 21.3. The number of aliphatic hydroxyl groups is 1. The molecule has 1 aliphatic heterocycles. The van der Waals surface area contributed by atoms with Gasteiger partial charge in [0.15, 0.2) is 0 Å². The third-order valence-electron chi connectivity index (χ3n) is 6.17. The second-order valence-electron chi connectivity index (χ2n) is 8.99. The van der Waals surface area contributed by atoms with Crippen molar-refractivity contribution in [2.75, 3.05) is 33.9 Å². The molecule has 0 aliphatic carbocycles. The van der Waals surface area contributed by atoms with Crippen LogP contribution in [0.5, 0.6) is 5.75 Å². The van der Waals surface area contributed by atoms with Crippen LogP contribution in [-0.4, -0.2) is 81.8 Å². The number of carbonyl (C=O) groups excluding carboxylic acids is 1. The highest BCUT2D eigenvalue weighted by Gasteiger charge is 2.28. The Bertz CT molecular complexity index is 889. The van der Waals surface area contributed by atoms with Gasteiger partial charge in [-0.05, 0) is 26.5 Å². The number of aromatic nitrogens is 3. The van der Waals surface area contributed by atoms with E-state index in [1.807, 2.05) is 31.3 Å². The maximum atomic E-state index is 13.0. The van der Waals surface area contributed by atoms with Gasteiger partial charge in [0.05, 0.1) is 38.7 Å². The summed E-state index contributed by atoms with van der Waals surface area (Å²) in [6.45, 7) is 6.81. The Morgan fingerprint density at radius 1 is 1.36 bits per heavy atom. The van der Waals surface area contributed by atoms with Crippen LogP contribution in [-0.2, 0) is 29.2 Å². The van der Waals surface area contributed by atoms with Gasteiger partial charge in [-0.15, -0.1) is 5.10 Å². The van der Waals surface area contributed by atoms with Crippen LogP contribution in [0.3, 0.4) is 0 Å². The lowest BCUT2D eigenvalue weighted by Gasteiger charge is -2.35. The first-order valence-corrected chi connectivity index (χ1v) is 11.6. The SMILES string of the molecule is COc1ccccc1CN(C)C[C@@H]1OCc2cn(nn2)CCCC(=O)N([C@H](C)CO)C[C@H]1C. The lowest BCUT2D eigenvalue weighted by atomic mass is 10.0. The Morgan fingerprint density at radius 2 is 2.15 bits per heavy atom. The summed E-state index contributed by atoms with van der Waals surface area (Å²) in [5.74, 6) is 0.960. The number of aliphatic hydroxyl groups excluding tert-OH is 1. The first-order valence-electron chi connectivity index (χ1n) is 11.6. The van der Waals surface area contributed by atoms with Crippen LogP contribution >= 0.6 is 0 Å². The molecule has 1 aromatic heterocycles. The number of methoxy groups -OCH3 is 1. The van der Waals surface area contributed by atoms with Crippen molar-refractivity contribution < 1.29 is 19.4 Å². The van der Waals surface area contributed by atoms with Crippen LogP contribution in [0, 0.1) is 5.92 Å². The number of rotatable bonds is 7. The quantitative estimate of drug-likeness (QED) is 0.676. The molecule has 3 atom stereocenters. The molecule has 2 heterocycles. The lowest BCUT2D eigenvalue weighted by Crippen LogP contribution is -2.47. The number of amides is 1. The molecule has 0 radical (unpaired) electrons. The summed E-state index contributed by atoms with van der Waals surface area (Å²) in [5, 5.41) is 18.1. The highest BCUT2D eigenvalue weighted by molar-refractivity contribution is 5.76. The largest absolute Gasteiger partial charge is 0.496 e. The number of para-hydroxylation sites is 1. The fourth-order valence-corrected chi connectivity index (χ4v) is 4.19. The molecule has 0 saturated carbocycles. The number of benzene rings is 1. The van der Waals surface area contributed by atoms with Crippen molar-refractivity contribution in [2.24, 2.45) is 5.92 Å². The number of aryl methyl sites for hydroxylation is 1. The number of likely N-dealkylation sites (N-methyl/N-ethyl adjacent to an activating group) is 1. The molecule has 1 aromatic carbocycles. The molecule has 1 N–H and O–H groups in total. The zero-order chi connectivity index (χ0) is 23.8. The van der Waals surface area contributed by atoms with Crippen molar-refractivity contribution in [3.05, 3.63) is 41.7 Å². The monoisotopic (exact) mass is 459 g/mol. The van der Waals surface area contributed by atoms with Gasteiger partial charge in [0.25, 0.3) is 0 Å². The third kappa shape index (κ3) is 6.99. The fourth-order valence-electron chi connectivity index (χ4n) is 4.19. The Labute approximate surface area is 196 Å². The van der Waals surface area contributed by atoms with Crippen molar-refractivity contribution in [2.45, 2.75) is 58.5 Å². The van der Waals surface area contributed by atoms with Gasteiger partial charge in [0.2, 0.25) is 5.91 Å². The molecular weight excluding hydrogens is 422 g/mol. The van der Waals surface area contributed by atoms with Crippen molar-refractivity contribution in [3.8, 4) is 5.75 Å². The molecule has 2 aromatic rings. The number of carbonyl (C=O) groups is 1. The van der Waals surface area contributed by atoms with Crippen LogP contribution in [0.25, 0.3) is 0 Å². The smallest absolute Gasteiger partial charge is 0.222 e. The van der Waals surface area contributed by atoms with Crippen LogP contribution in [0.1, 0.15) is 37.9 Å². The molecular formula is C24H37N5O4. The van der Waals surface area contributed by atoms with Crippen molar-refractivity contribution >= 4 is 5.91 Å². The van der Waals surface area contributed by atoms with E-state index in [1.54, 1.807) is 16.7 Å². The fraction of sp³-hybridized carbons (Fsp3) is 0.625. The Hall–Kier alpha value is -2.49. The maximum absolute atomic E-state index is 13.0. The highest BCUT2D eigenvalue weighted by atomic mass is 16.5. The summed E-state index contributed by atoms with van der Waals surface area (Å²) in [6.07, 6.45) is 2.83. The summed E-state index contributed by atoms with van der Waals surface area (Å²) >= 11 is 0. The molecule has 0 saturated heterocycles. The summed E-state index contributed by atoms with van der Waals surface area (Å²) in [7, 11) is 3.74. The van der Waals surface area contributed by atoms with Crippen molar-refractivity contribution in [1.29, 1.82) is 0 Å². The molecule has 1 amide bonds. The molecule has 9 heteroatoms. The van der Waals surface area contributed by atoms with E-state index in [1.165, 1.54) is 0 Å². The maximum Gasteiger partial charge on any atom is 0.222 e. The van der Waals surface area contributed by atoms with Gasteiger partial charge >= 0.3 is 0 Å². The van der Waals surface area contributed by atoms with E-state index in [-0.39, 0.29) is 30.6 Å². The molecule has 0 fully saturated rings. The molecule has 1 aliphatic rings. The van der Waals surface area contributed by atoms with Gasteiger partial charge in [-0.1, -0.05) is 30.3 Å². The molecule has 182 valence electrons. The zero-order valence-corrected chi connectivity index (χ0v) is 20.2. The molecule has 0 spiro atoms.